The molecule has 0 aliphatic carbocycles. The van der Waals surface area contributed by atoms with E-state index in [9.17, 15) is 14.0 Å². The molecule has 0 spiro atoms. The molecule has 5 rings (SSSR count). The van der Waals surface area contributed by atoms with E-state index in [1.807, 2.05) is 4.90 Å². The van der Waals surface area contributed by atoms with Crippen LogP contribution in [0.2, 0.25) is 0 Å². The van der Waals surface area contributed by atoms with E-state index in [0.717, 1.165) is 43.1 Å². The summed E-state index contributed by atoms with van der Waals surface area (Å²) in [5.41, 5.74) is 6.10. The van der Waals surface area contributed by atoms with Crippen LogP contribution in [-0.4, -0.2) is 119 Å². The van der Waals surface area contributed by atoms with Crippen LogP contribution in [0.5, 0.6) is 0 Å². The van der Waals surface area contributed by atoms with E-state index in [4.69, 9.17) is 5.73 Å². The van der Waals surface area contributed by atoms with E-state index < -0.39 is 30.0 Å². The number of carbonyl (C=O) groups excluding carboxylic acids is 2. The van der Waals surface area contributed by atoms with Gasteiger partial charge in [-0.1, -0.05) is 0 Å². The van der Waals surface area contributed by atoms with Crippen molar-refractivity contribution >= 4 is 23.3 Å². The van der Waals surface area contributed by atoms with Gasteiger partial charge in [-0.2, -0.15) is 0 Å². The first-order valence-electron chi connectivity index (χ1n) is 12.5. The Morgan fingerprint density at radius 2 is 1.86 bits per heavy atom. The molecule has 2 amide bonds. The van der Waals surface area contributed by atoms with Gasteiger partial charge in [-0.3, -0.25) is 14.5 Å². The number of nitrogen functional groups attached to an aromatic ring is 1. The SMILES string of the molecule is CN1CCN(C(=O)C2CCN(C3C(F)CNCC3NC(=O)c3c(N)nn4cc(F)cnc34)CC2)CC1. The molecule has 36 heavy (non-hydrogen) atoms. The lowest BCUT2D eigenvalue weighted by Crippen LogP contribution is -2.66. The maximum Gasteiger partial charge on any atom is 0.259 e. The van der Waals surface area contributed by atoms with Crippen molar-refractivity contribution in [2.24, 2.45) is 5.92 Å². The Balaban J connectivity index is 1.25. The minimum atomic E-state index is -1.19. The maximum absolute atomic E-state index is 15.2. The first-order chi connectivity index (χ1) is 17.3. The fourth-order valence-electron chi connectivity index (χ4n) is 5.61. The van der Waals surface area contributed by atoms with Gasteiger partial charge in [0, 0.05) is 45.2 Å². The van der Waals surface area contributed by atoms with Crippen molar-refractivity contribution in [2.45, 2.75) is 31.1 Å². The molecule has 5 heterocycles. The number of hydrogen-bond donors (Lipinski definition) is 3. The molecule has 4 N–H and O–H groups in total. The predicted molar refractivity (Wildman–Crippen MR) is 129 cm³/mol. The number of amides is 2. The first-order valence-corrected chi connectivity index (χ1v) is 12.5. The molecule has 2 aromatic rings. The molecule has 3 saturated heterocycles. The lowest BCUT2D eigenvalue weighted by atomic mass is 9.90. The summed E-state index contributed by atoms with van der Waals surface area (Å²) in [5.74, 6) is -1.08. The van der Waals surface area contributed by atoms with Crippen LogP contribution in [0.15, 0.2) is 12.4 Å². The number of nitrogens with zero attached hydrogens (tertiary/aromatic N) is 6. The van der Waals surface area contributed by atoms with Crippen molar-refractivity contribution in [3.8, 4) is 0 Å². The second-order valence-corrected chi connectivity index (χ2v) is 9.98. The predicted octanol–water partition coefficient (Wildman–Crippen LogP) is -0.655. The summed E-state index contributed by atoms with van der Waals surface area (Å²) < 4.78 is 29.8. The Morgan fingerprint density at radius 1 is 1.14 bits per heavy atom. The van der Waals surface area contributed by atoms with Crippen molar-refractivity contribution in [1.82, 2.24) is 39.9 Å². The van der Waals surface area contributed by atoms with E-state index >= 15 is 4.39 Å². The summed E-state index contributed by atoms with van der Waals surface area (Å²) in [5, 5.41) is 9.92. The van der Waals surface area contributed by atoms with Gasteiger partial charge in [0.05, 0.1) is 24.5 Å². The average molecular weight is 506 g/mol. The minimum Gasteiger partial charge on any atom is -0.381 e. The fourth-order valence-corrected chi connectivity index (χ4v) is 5.61. The standard InChI is InChI=1S/C23H33F2N9O2/c1-31-6-8-33(9-7-31)23(36)14-2-4-32(5-3-14)19-16(25)11-27-12-17(19)29-22(35)18-20(26)30-34-13-15(24)10-28-21(18)34/h10,13-14,16-17,19,27H,2-9,11-12H2,1H3,(H2,26,30)(H,29,35). The van der Waals surface area contributed by atoms with Gasteiger partial charge in [0.25, 0.3) is 5.91 Å². The Hall–Kier alpha value is -2.90. The lowest BCUT2D eigenvalue weighted by molar-refractivity contribution is -0.139. The van der Waals surface area contributed by atoms with E-state index in [-0.39, 0.29) is 35.4 Å². The topological polar surface area (TPSA) is 124 Å². The van der Waals surface area contributed by atoms with Crippen molar-refractivity contribution in [1.29, 1.82) is 0 Å². The monoisotopic (exact) mass is 505 g/mol. The second kappa shape index (κ2) is 10.2. The zero-order valence-corrected chi connectivity index (χ0v) is 20.4. The summed E-state index contributed by atoms with van der Waals surface area (Å²) >= 11 is 0. The average Bonchev–Trinajstić information content (AvgIpc) is 3.19. The molecule has 0 saturated carbocycles. The summed E-state index contributed by atoms with van der Waals surface area (Å²) in [6.45, 7) is 5.01. The molecule has 0 bridgehead atoms. The van der Waals surface area contributed by atoms with Gasteiger partial charge in [-0.25, -0.2) is 18.3 Å². The van der Waals surface area contributed by atoms with Crippen LogP contribution in [0.1, 0.15) is 23.2 Å². The maximum atomic E-state index is 15.2. The molecular weight excluding hydrogens is 472 g/mol. The number of rotatable bonds is 4. The molecule has 13 heteroatoms. The minimum absolute atomic E-state index is 0.0335. The highest BCUT2D eigenvalue weighted by Crippen LogP contribution is 2.26. The van der Waals surface area contributed by atoms with Gasteiger partial charge in [-0.15, -0.1) is 5.10 Å². The van der Waals surface area contributed by atoms with Gasteiger partial charge in [0.1, 0.15) is 11.7 Å². The number of halogens is 2. The number of nitrogens with one attached hydrogen (secondary N) is 2. The van der Waals surface area contributed by atoms with Gasteiger partial charge in [0.2, 0.25) is 5.91 Å². The van der Waals surface area contributed by atoms with Crippen LogP contribution < -0.4 is 16.4 Å². The number of likely N-dealkylation sites (tertiary alicyclic amines) is 1. The summed E-state index contributed by atoms with van der Waals surface area (Å²) in [6, 6.07) is -1.07. The Labute approximate surface area is 208 Å². The van der Waals surface area contributed by atoms with Crippen molar-refractivity contribution < 1.29 is 18.4 Å². The molecule has 0 aromatic carbocycles. The summed E-state index contributed by atoms with van der Waals surface area (Å²) in [4.78, 5) is 36.3. The number of anilines is 1. The third-order valence-electron chi connectivity index (χ3n) is 7.61. The van der Waals surface area contributed by atoms with Crippen LogP contribution in [0.3, 0.4) is 0 Å². The molecule has 3 fully saturated rings. The van der Waals surface area contributed by atoms with Crippen LogP contribution in [-0.2, 0) is 4.79 Å². The quantitative estimate of drug-likeness (QED) is 0.501. The van der Waals surface area contributed by atoms with Crippen LogP contribution in [0.25, 0.3) is 5.65 Å². The molecule has 3 atom stereocenters. The normalized spacial score (nSPS) is 26.9. The van der Waals surface area contributed by atoms with Crippen molar-refractivity contribution in [3.63, 3.8) is 0 Å². The molecule has 3 aliphatic heterocycles. The van der Waals surface area contributed by atoms with Gasteiger partial charge >= 0.3 is 0 Å². The largest absolute Gasteiger partial charge is 0.381 e. The molecule has 2 aromatic heterocycles. The highest BCUT2D eigenvalue weighted by atomic mass is 19.1. The number of alkyl halides is 1. The zero-order chi connectivity index (χ0) is 25.4. The smallest absolute Gasteiger partial charge is 0.259 e. The molecular formula is C23H33F2N9O2. The zero-order valence-electron chi connectivity index (χ0n) is 20.4. The number of fused-ring (bicyclic) bond motifs is 1. The third kappa shape index (κ3) is 4.87. The number of carbonyl (C=O) groups is 2. The Morgan fingerprint density at radius 3 is 2.58 bits per heavy atom. The van der Waals surface area contributed by atoms with Gasteiger partial charge in [-0.05, 0) is 33.0 Å². The van der Waals surface area contributed by atoms with E-state index in [1.165, 1.54) is 0 Å². The van der Waals surface area contributed by atoms with Crippen molar-refractivity contribution in [2.75, 3.05) is 65.1 Å². The Bertz CT molecular complexity index is 1110. The fraction of sp³-hybridized carbons (Fsp3) is 0.652. The molecule has 3 unspecified atom stereocenters. The lowest BCUT2D eigenvalue weighted by Gasteiger charge is -2.45. The number of hydrogen-bond acceptors (Lipinski definition) is 8. The molecule has 196 valence electrons. The molecule has 11 nitrogen and oxygen atoms in total. The number of likely N-dealkylation sites (N-methyl/N-ethyl adjacent to an activating group) is 1. The summed E-state index contributed by atoms with van der Waals surface area (Å²) in [6.07, 6.45) is 2.22. The Kier molecular flexibility index (Phi) is 7.04. The third-order valence-corrected chi connectivity index (χ3v) is 7.61. The number of nitrogens with two attached hydrogens (primary N) is 1. The first kappa shape index (κ1) is 24.8. The highest BCUT2D eigenvalue weighted by Gasteiger charge is 2.41. The number of piperazine rings is 1. The van der Waals surface area contributed by atoms with E-state index in [1.54, 1.807) is 0 Å². The van der Waals surface area contributed by atoms with Crippen LogP contribution >= 0.6 is 0 Å². The van der Waals surface area contributed by atoms with E-state index in [0.29, 0.717) is 32.5 Å². The number of piperidine rings is 2. The van der Waals surface area contributed by atoms with Crippen molar-refractivity contribution in [3.05, 3.63) is 23.8 Å². The van der Waals surface area contributed by atoms with E-state index in [2.05, 4.69) is 37.6 Å². The van der Waals surface area contributed by atoms with Gasteiger partial charge < -0.3 is 26.2 Å². The number of aromatic nitrogens is 3. The molecule has 0 radical (unpaired) electrons. The van der Waals surface area contributed by atoms with Crippen LogP contribution in [0.4, 0.5) is 14.6 Å². The highest BCUT2D eigenvalue weighted by molar-refractivity contribution is 6.04. The molecule has 3 aliphatic rings. The van der Waals surface area contributed by atoms with Crippen LogP contribution in [0, 0.1) is 11.7 Å². The second-order valence-electron chi connectivity index (χ2n) is 9.98. The summed E-state index contributed by atoms with van der Waals surface area (Å²) in [7, 11) is 2.06. The van der Waals surface area contributed by atoms with Gasteiger partial charge in [0.15, 0.2) is 17.3 Å².